The summed E-state index contributed by atoms with van der Waals surface area (Å²) >= 11 is 0. The Morgan fingerprint density at radius 3 is 2.33 bits per heavy atom. The number of piperidine rings is 2. The summed E-state index contributed by atoms with van der Waals surface area (Å²) in [5.74, 6) is 1.54. The third kappa shape index (κ3) is 6.77. The quantitative estimate of drug-likeness (QED) is 0.180. The number of allylic oxidation sites excluding steroid dienone is 1. The van der Waals surface area contributed by atoms with Crippen molar-refractivity contribution >= 4 is 23.2 Å². The van der Waals surface area contributed by atoms with E-state index >= 15 is 0 Å². The largest absolute Gasteiger partial charge is 0.508 e. The molecule has 2 amide bonds. The van der Waals surface area contributed by atoms with E-state index in [0.29, 0.717) is 43.0 Å². The summed E-state index contributed by atoms with van der Waals surface area (Å²) in [6.45, 7) is 9.52. The van der Waals surface area contributed by atoms with Crippen LogP contribution in [0.3, 0.4) is 0 Å². The van der Waals surface area contributed by atoms with Gasteiger partial charge in [-0.05, 0) is 134 Å². The monoisotopic (exact) mass is 721 g/mol. The van der Waals surface area contributed by atoms with Crippen molar-refractivity contribution in [2.75, 3.05) is 42.5 Å². The summed E-state index contributed by atoms with van der Waals surface area (Å²) in [6, 6.07) is 32.5. The van der Waals surface area contributed by atoms with Gasteiger partial charge in [-0.2, -0.15) is 0 Å². The van der Waals surface area contributed by atoms with Crippen LogP contribution in [0.15, 0.2) is 103 Å². The molecule has 0 saturated carbocycles. The minimum absolute atomic E-state index is 0.0432. The lowest BCUT2D eigenvalue weighted by molar-refractivity contribution is -0.126. The van der Waals surface area contributed by atoms with Crippen LogP contribution in [-0.4, -0.2) is 66.6 Å². The predicted octanol–water partition coefficient (Wildman–Crippen LogP) is 7.09. The number of carbonyl (C=O) groups is 2. The number of hydrogen-bond donors (Lipinski definition) is 3. The molecule has 3 N–H and O–H groups in total. The summed E-state index contributed by atoms with van der Waals surface area (Å²) in [5.41, 5.74) is 10.3. The zero-order valence-electron chi connectivity index (χ0n) is 31.1. The zero-order valence-corrected chi connectivity index (χ0v) is 31.1. The highest BCUT2D eigenvalue weighted by Crippen LogP contribution is 2.47. The van der Waals surface area contributed by atoms with Crippen LogP contribution in [0.25, 0.3) is 0 Å². The molecular weight excluding hydrogens is 671 g/mol. The third-order valence-electron chi connectivity index (χ3n) is 12.9. The Bertz CT molecular complexity index is 2040. The van der Waals surface area contributed by atoms with Crippen LogP contribution in [0.4, 0.5) is 11.4 Å². The smallest absolute Gasteiger partial charge is 0.255 e. The molecule has 4 aliphatic heterocycles. The minimum atomic E-state index is -0.428. The van der Waals surface area contributed by atoms with Crippen LogP contribution >= 0.6 is 0 Å². The van der Waals surface area contributed by atoms with Gasteiger partial charge in [0, 0.05) is 67.3 Å². The first-order chi connectivity index (χ1) is 26.4. The van der Waals surface area contributed by atoms with E-state index in [4.69, 9.17) is 0 Å². The number of anilines is 2. The van der Waals surface area contributed by atoms with Gasteiger partial charge in [-0.1, -0.05) is 55.1 Å². The van der Waals surface area contributed by atoms with Gasteiger partial charge in [0.1, 0.15) is 11.8 Å². The number of benzene rings is 4. The van der Waals surface area contributed by atoms with Gasteiger partial charge in [0.25, 0.3) is 5.91 Å². The van der Waals surface area contributed by atoms with E-state index in [1.807, 2.05) is 18.2 Å². The number of carbonyl (C=O) groups excluding carboxylic acids is 2. The van der Waals surface area contributed by atoms with Crippen LogP contribution in [-0.2, 0) is 17.8 Å². The van der Waals surface area contributed by atoms with Crippen molar-refractivity contribution in [3.05, 3.63) is 137 Å². The first-order valence-corrected chi connectivity index (χ1v) is 20.0. The zero-order chi connectivity index (χ0) is 36.8. The maximum absolute atomic E-state index is 13.2. The molecule has 1 unspecified atom stereocenters. The van der Waals surface area contributed by atoms with Gasteiger partial charge in [0.05, 0.1) is 0 Å². The minimum Gasteiger partial charge on any atom is -0.508 e. The lowest BCUT2D eigenvalue weighted by Crippen LogP contribution is -2.49. The fraction of sp³-hybridized carbons (Fsp3) is 0.391. The standard InChI is InChI=1S/C46H51N5O3/c1-30-7-18-43(45(53)48-30)51-28-35-25-38(13-16-42(35)46(51)54)50-24-21-36(29-50)47-27-31-19-22-49(23-20-31)37-11-8-33(9-12-37)44-40(32-5-3-2-4-6-32)15-10-34-26-39(52)14-17-41(34)44/h2-6,8-9,11-14,16-17,25-26,31,36,40,43-44,47,52H,1,7,10,15,18-24,27-29H2,(H,48,53)/t36-,40+,43?,44-/m0/s1. The molecule has 4 atom stereocenters. The van der Waals surface area contributed by atoms with Crippen molar-refractivity contribution < 1.29 is 14.7 Å². The molecule has 0 bridgehead atoms. The molecule has 0 spiro atoms. The highest BCUT2D eigenvalue weighted by Gasteiger charge is 2.39. The van der Waals surface area contributed by atoms with E-state index in [2.05, 4.69) is 99.8 Å². The second-order valence-corrected chi connectivity index (χ2v) is 16.2. The van der Waals surface area contributed by atoms with E-state index in [9.17, 15) is 14.7 Å². The predicted molar refractivity (Wildman–Crippen MR) is 214 cm³/mol. The molecule has 0 radical (unpaired) electrons. The fourth-order valence-electron chi connectivity index (χ4n) is 9.90. The highest BCUT2D eigenvalue weighted by molar-refractivity contribution is 6.01. The van der Waals surface area contributed by atoms with Gasteiger partial charge in [-0.15, -0.1) is 0 Å². The van der Waals surface area contributed by atoms with Crippen LogP contribution in [0, 0.1) is 5.92 Å². The Balaban J connectivity index is 0.776. The van der Waals surface area contributed by atoms with Crippen molar-refractivity contribution in [1.29, 1.82) is 0 Å². The van der Waals surface area contributed by atoms with Crippen molar-refractivity contribution in [3.63, 3.8) is 0 Å². The lowest BCUT2D eigenvalue weighted by Gasteiger charge is -2.36. The maximum atomic E-state index is 13.2. The average molecular weight is 722 g/mol. The number of rotatable bonds is 8. The van der Waals surface area contributed by atoms with Crippen molar-refractivity contribution in [3.8, 4) is 5.75 Å². The average Bonchev–Trinajstić information content (AvgIpc) is 3.81. The molecule has 278 valence electrons. The van der Waals surface area contributed by atoms with Gasteiger partial charge in [0.2, 0.25) is 5.91 Å². The summed E-state index contributed by atoms with van der Waals surface area (Å²) in [7, 11) is 0. The van der Waals surface area contributed by atoms with Crippen LogP contribution in [0.2, 0.25) is 0 Å². The molecule has 0 aromatic heterocycles. The molecule has 4 aromatic rings. The number of nitrogens with one attached hydrogen (secondary N) is 2. The van der Waals surface area contributed by atoms with Gasteiger partial charge >= 0.3 is 0 Å². The molecule has 3 saturated heterocycles. The van der Waals surface area contributed by atoms with Crippen LogP contribution in [0.5, 0.6) is 5.75 Å². The molecule has 8 nitrogen and oxygen atoms in total. The topological polar surface area (TPSA) is 88.2 Å². The Labute approximate surface area is 318 Å². The number of phenols is 1. The van der Waals surface area contributed by atoms with E-state index < -0.39 is 6.04 Å². The SMILES string of the molecule is C=C1CCC(N2Cc3cc(N4CC[C@H](NCC5CCN(c6ccc([C@@H]7c8ccc(O)cc8CC[C@@H]7c7ccccc7)cc6)CC5)C4)ccc3C2=O)C(=O)N1. The molecule has 3 fully saturated rings. The molecule has 8 heteroatoms. The van der Waals surface area contributed by atoms with Crippen LogP contribution in [0.1, 0.15) is 88.5 Å². The normalized spacial score (nSPS) is 24.4. The molecular formula is C46H51N5O3. The summed E-state index contributed by atoms with van der Waals surface area (Å²) in [6.07, 6.45) is 6.87. The van der Waals surface area contributed by atoms with Gasteiger partial charge < -0.3 is 30.4 Å². The van der Waals surface area contributed by atoms with Crippen LogP contribution < -0.4 is 20.4 Å². The molecule has 4 heterocycles. The Kier molecular flexibility index (Phi) is 9.39. The Hall–Kier alpha value is -5.08. The van der Waals surface area contributed by atoms with E-state index in [-0.39, 0.29) is 17.7 Å². The van der Waals surface area contributed by atoms with Crippen molar-refractivity contribution in [1.82, 2.24) is 15.5 Å². The van der Waals surface area contributed by atoms with Crippen molar-refractivity contribution in [2.24, 2.45) is 5.92 Å². The van der Waals surface area contributed by atoms with Gasteiger partial charge in [-0.3, -0.25) is 9.59 Å². The summed E-state index contributed by atoms with van der Waals surface area (Å²) in [5, 5.41) is 17.0. The highest BCUT2D eigenvalue weighted by atomic mass is 16.3. The summed E-state index contributed by atoms with van der Waals surface area (Å²) in [4.78, 5) is 32.5. The van der Waals surface area contributed by atoms with Gasteiger partial charge in [-0.25, -0.2) is 0 Å². The summed E-state index contributed by atoms with van der Waals surface area (Å²) < 4.78 is 0. The second-order valence-electron chi connectivity index (χ2n) is 16.2. The number of fused-ring (bicyclic) bond motifs is 2. The molecule has 5 aliphatic rings. The van der Waals surface area contributed by atoms with E-state index in [1.165, 1.54) is 40.8 Å². The first kappa shape index (κ1) is 34.7. The van der Waals surface area contributed by atoms with E-state index in [0.717, 1.165) is 74.5 Å². The van der Waals surface area contributed by atoms with E-state index in [1.54, 1.807) is 4.90 Å². The number of phenolic OH excluding ortho intramolecular Hbond substituents is 1. The first-order valence-electron chi connectivity index (χ1n) is 20.0. The second kappa shape index (κ2) is 14.6. The molecule has 9 rings (SSSR count). The molecule has 54 heavy (non-hydrogen) atoms. The Morgan fingerprint density at radius 1 is 0.759 bits per heavy atom. The number of amides is 2. The number of aryl methyl sites for hydroxylation is 1. The van der Waals surface area contributed by atoms with Gasteiger partial charge in [0.15, 0.2) is 0 Å². The fourth-order valence-corrected chi connectivity index (χ4v) is 9.90. The lowest BCUT2D eigenvalue weighted by atomic mass is 9.69. The molecule has 1 aliphatic carbocycles. The van der Waals surface area contributed by atoms with Crippen molar-refractivity contribution in [2.45, 2.75) is 75.4 Å². The number of nitrogens with zero attached hydrogens (tertiary/aromatic N) is 3. The number of aromatic hydroxyl groups is 1. The number of hydrogen-bond acceptors (Lipinski definition) is 6. The molecule has 4 aromatic carbocycles. The third-order valence-corrected chi connectivity index (χ3v) is 12.9. The Morgan fingerprint density at radius 2 is 1.54 bits per heavy atom. The maximum Gasteiger partial charge on any atom is 0.255 e.